The molecule has 0 spiro atoms. The maximum Gasteiger partial charge on any atom is 0.256 e. The summed E-state index contributed by atoms with van der Waals surface area (Å²) in [6.45, 7) is 5.19. The average Bonchev–Trinajstić information content (AvgIpc) is 3.16. The number of hydrogen-bond acceptors (Lipinski definition) is 2. The second-order valence-corrected chi connectivity index (χ2v) is 6.56. The molecule has 0 saturated heterocycles. The summed E-state index contributed by atoms with van der Waals surface area (Å²) in [5, 5.41) is 0. The molecule has 0 radical (unpaired) electrons. The van der Waals surface area contributed by atoms with Gasteiger partial charge in [0.05, 0.1) is 5.56 Å². The molecule has 3 nitrogen and oxygen atoms in total. The van der Waals surface area contributed by atoms with Gasteiger partial charge >= 0.3 is 0 Å². The number of nitrogens with zero attached hydrogens (tertiary/aromatic N) is 1. The first-order chi connectivity index (χ1) is 8.99. The van der Waals surface area contributed by atoms with Crippen molar-refractivity contribution in [3.05, 3.63) is 28.2 Å². The SMILES string of the molecule is CC(C)CCN(C(=O)c1cc(Br)ccc1N)C1CC1. The van der Waals surface area contributed by atoms with E-state index in [1.54, 1.807) is 6.07 Å². The van der Waals surface area contributed by atoms with Gasteiger partial charge in [-0.3, -0.25) is 4.79 Å². The molecule has 1 saturated carbocycles. The number of rotatable bonds is 5. The van der Waals surface area contributed by atoms with Crippen LogP contribution in [0.15, 0.2) is 22.7 Å². The van der Waals surface area contributed by atoms with Crippen LogP contribution in [0.3, 0.4) is 0 Å². The summed E-state index contributed by atoms with van der Waals surface area (Å²) in [6.07, 6.45) is 3.28. The number of halogens is 1. The maximum atomic E-state index is 12.6. The smallest absolute Gasteiger partial charge is 0.256 e. The van der Waals surface area contributed by atoms with Crippen molar-refractivity contribution in [2.45, 2.75) is 39.2 Å². The minimum Gasteiger partial charge on any atom is -0.398 e. The van der Waals surface area contributed by atoms with Crippen LogP contribution in [-0.4, -0.2) is 23.4 Å². The van der Waals surface area contributed by atoms with Gasteiger partial charge in [-0.1, -0.05) is 29.8 Å². The number of amides is 1. The summed E-state index contributed by atoms with van der Waals surface area (Å²) in [6, 6.07) is 5.89. The van der Waals surface area contributed by atoms with E-state index < -0.39 is 0 Å². The molecule has 4 heteroatoms. The fraction of sp³-hybridized carbons (Fsp3) is 0.533. The van der Waals surface area contributed by atoms with Crippen LogP contribution in [0.2, 0.25) is 0 Å². The average molecular weight is 325 g/mol. The van der Waals surface area contributed by atoms with Gasteiger partial charge in [0.1, 0.15) is 0 Å². The van der Waals surface area contributed by atoms with Crippen LogP contribution in [0, 0.1) is 5.92 Å². The lowest BCUT2D eigenvalue weighted by molar-refractivity contribution is 0.0736. The number of carbonyl (C=O) groups is 1. The number of anilines is 1. The van der Waals surface area contributed by atoms with Crippen LogP contribution in [0.4, 0.5) is 5.69 Å². The van der Waals surface area contributed by atoms with Crippen molar-refractivity contribution < 1.29 is 4.79 Å². The van der Waals surface area contributed by atoms with Crippen LogP contribution in [0.25, 0.3) is 0 Å². The number of nitrogens with two attached hydrogens (primary N) is 1. The van der Waals surface area contributed by atoms with E-state index in [0.29, 0.717) is 23.2 Å². The fourth-order valence-electron chi connectivity index (χ4n) is 2.10. The summed E-state index contributed by atoms with van der Waals surface area (Å²) >= 11 is 3.40. The predicted octanol–water partition coefficient (Wildman–Crippen LogP) is 3.68. The zero-order chi connectivity index (χ0) is 14.0. The van der Waals surface area contributed by atoms with E-state index in [1.165, 1.54) is 0 Å². The Labute approximate surface area is 123 Å². The Morgan fingerprint density at radius 2 is 2.16 bits per heavy atom. The molecule has 1 aromatic carbocycles. The van der Waals surface area contributed by atoms with Gasteiger partial charge in [0.25, 0.3) is 5.91 Å². The van der Waals surface area contributed by atoms with Crippen LogP contribution in [0.1, 0.15) is 43.5 Å². The van der Waals surface area contributed by atoms with Crippen molar-refractivity contribution in [1.82, 2.24) is 4.90 Å². The summed E-state index contributed by atoms with van der Waals surface area (Å²) in [5.74, 6) is 0.677. The molecule has 2 rings (SSSR count). The van der Waals surface area contributed by atoms with Gasteiger partial charge in [0.2, 0.25) is 0 Å². The molecule has 1 amide bonds. The summed E-state index contributed by atoms with van der Waals surface area (Å²) < 4.78 is 0.893. The second-order valence-electron chi connectivity index (χ2n) is 5.64. The Bertz CT molecular complexity index is 469. The topological polar surface area (TPSA) is 46.3 Å². The first kappa shape index (κ1) is 14.4. The summed E-state index contributed by atoms with van der Waals surface area (Å²) in [4.78, 5) is 14.6. The third kappa shape index (κ3) is 3.72. The molecular weight excluding hydrogens is 304 g/mol. The normalized spacial score (nSPS) is 14.7. The molecule has 0 atom stereocenters. The third-order valence-electron chi connectivity index (χ3n) is 3.44. The molecule has 0 aromatic heterocycles. The fourth-order valence-corrected chi connectivity index (χ4v) is 2.46. The number of hydrogen-bond donors (Lipinski definition) is 1. The maximum absolute atomic E-state index is 12.6. The molecule has 1 aliphatic carbocycles. The molecule has 104 valence electrons. The van der Waals surface area contributed by atoms with Gasteiger partial charge in [-0.25, -0.2) is 0 Å². The van der Waals surface area contributed by atoms with E-state index in [2.05, 4.69) is 29.8 Å². The van der Waals surface area contributed by atoms with Crippen molar-refractivity contribution in [2.24, 2.45) is 5.92 Å². The molecule has 0 unspecified atom stereocenters. The van der Waals surface area contributed by atoms with Crippen molar-refractivity contribution in [3.63, 3.8) is 0 Å². The van der Waals surface area contributed by atoms with E-state index in [9.17, 15) is 4.79 Å². The predicted molar refractivity (Wildman–Crippen MR) is 82.1 cm³/mol. The van der Waals surface area contributed by atoms with Crippen molar-refractivity contribution in [1.29, 1.82) is 0 Å². The van der Waals surface area contributed by atoms with Crippen LogP contribution in [-0.2, 0) is 0 Å². The molecule has 19 heavy (non-hydrogen) atoms. The van der Waals surface area contributed by atoms with E-state index in [4.69, 9.17) is 5.73 Å². The monoisotopic (exact) mass is 324 g/mol. The lowest BCUT2D eigenvalue weighted by Crippen LogP contribution is -2.35. The second kappa shape index (κ2) is 5.95. The lowest BCUT2D eigenvalue weighted by Gasteiger charge is -2.24. The van der Waals surface area contributed by atoms with Crippen molar-refractivity contribution in [3.8, 4) is 0 Å². The first-order valence-electron chi connectivity index (χ1n) is 6.85. The Balaban J connectivity index is 2.16. The highest BCUT2D eigenvalue weighted by molar-refractivity contribution is 9.10. The Morgan fingerprint density at radius 1 is 1.47 bits per heavy atom. The summed E-state index contributed by atoms with van der Waals surface area (Å²) in [5.41, 5.74) is 7.11. The zero-order valence-electron chi connectivity index (χ0n) is 11.5. The van der Waals surface area contributed by atoms with Gasteiger partial charge in [0.15, 0.2) is 0 Å². The highest BCUT2D eigenvalue weighted by atomic mass is 79.9. The van der Waals surface area contributed by atoms with Gasteiger partial charge in [-0.15, -0.1) is 0 Å². The van der Waals surface area contributed by atoms with E-state index >= 15 is 0 Å². The number of carbonyl (C=O) groups excluding carboxylic acids is 1. The van der Waals surface area contributed by atoms with Crippen molar-refractivity contribution in [2.75, 3.05) is 12.3 Å². The largest absolute Gasteiger partial charge is 0.398 e. The molecular formula is C15H21BrN2O. The quantitative estimate of drug-likeness (QED) is 0.840. The Kier molecular flexibility index (Phi) is 4.50. The molecule has 0 aliphatic heterocycles. The first-order valence-corrected chi connectivity index (χ1v) is 7.64. The molecule has 0 bridgehead atoms. The standard InChI is InChI=1S/C15H21BrN2O/c1-10(2)7-8-18(12-4-5-12)15(19)13-9-11(16)3-6-14(13)17/h3,6,9-10,12H,4-5,7-8,17H2,1-2H3. The van der Waals surface area contributed by atoms with Crippen LogP contribution < -0.4 is 5.73 Å². The van der Waals surface area contributed by atoms with Gasteiger partial charge in [0, 0.05) is 22.7 Å². The van der Waals surface area contributed by atoms with E-state index in [1.807, 2.05) is 17.0 Å². The van der Waals surface area contributed by atoms with E-state index in [-0.39, 0.29) is 5.91 Å². The lowest BCUT2D eigenvalue weighted by atomic mass is 10.1. The van der Waals surface area contributed by atoms with Crippen LogP contribution in [0.5, 0.6) is 0 Å². The molecule has 2 N–H and O–H groups in total. The molecule has 1 fully saturated rings. The number of nitrogen functional groups attached to an aromatic ring is 1. The molecule has 0 heterocycles. The highest BCUT2D eigenvalue weighted by Crippen LogP contribution is 2.30. The molecule has 1 aliphatic rings. The van der Waals surface area contributed by atoms with Crippen LogP contribution >= 0.6 is 15.9 Å². The van der Waals surface area contributed by atoms with Crippen molar-refractivity contribution >= 4 is 27.5 Å². The van der Waals surface area contributed by atoms with Gasteiger partial charge in [-0.05, 0) is 43.4 Å². The Hall–Kier alpha value is -1.03. The van der Waals surface area contributed by atoms with E-state index in [0.717, 1.165) is 30.3 Å². The Morgan fingerprint density at radius 3 is 2.74 bits per heavy atom. The minimum absolute atomic E-state index is 0.0713. The van der Waals surface area contributed by atoms with Gasteiger partial charge < -0.3 is 10.6 Å². The summed E-state index contributed by atoms with van der Waals surface area (Å²) in [7, 11) is 0. The highest BCUT2D eigenvalue weighted by Gasteiger charge is 2.33. The minimum atomic E-state index is 0.0713. The zero-order valence-corrected chi connectivity index (χ0v) is 13.1. The molecule has 1 aromatic rings. The number of benzene rings is 1. The van der Waals surface area contributed by atoms with Gasteiger partial charge in [-0.2, -0.15) is 0 Å². The third-order valence-corrected chi connectivity index (χ3v) is 3.93.